The maximum atomic E-state index is 12.1. The standard InChI is InChI=1S/C20H40N4OS/c1-3-26(25)19-12-10-11-18(17-19)23-20(21-2)22-13-6-4-7-14-24-15-8-5-9-16-24/h18-19H,3-17H2,1-2H3,(H2,21,22,23). The van der Waals surface area contributed by atoms with Crippen LogP contribution in [0.3, 0.4) is 0 Å². The van der Waals surface area contributed by atoms with E-state index < -0.39 is 10.8 Å². The van der Waals surface area contributed by atoms with Crippen molar-refractivity contribution in [3.05, 3.63) is 0 Å². The maximum Gasteiger partial charge on any atom is 0.191 e. The first-order valence-corrected chi connectivity index (χ1v) is 12.2. The van der Waals surface area contributed by atoms with Crippen molar-refractivity contribution in [2.75, 3.05) is 39.0 Å². The Bertz CT molecular complexity index is 438. The Balaban J connectivity index is 1.56. The van der Waals surface area contributed by atoms with Gasteiger partial charge in [-0.3, -0.25) is 9.20 Å². The number of nitrogens with one attached hydrogen (secondary N) is 2. The van der Waals surface area contributed by atoms with Gasteiger partial charge in [-0.05, 0) is 64.6 Å². The van der Waals surface area contributed by atoms with Gasteiger partial charge in [0.05, 0.1) is 0 Å². The number of hydrogen-bond donors (Lipinski definition) is 2. The third-order valence-electron chi connectivity index (χ3n) is 5.74. The number of hydrogen-bond acceptors (Lipinski definition) is 3. The second kappa shape index (κ2) is 12.7. The first-order valence-electron chi connectivity index (χ1n) is 10.8. The summed E-state index contributed by atoms with van der Waals surface area (Å²) in [6.07, 6.45) is 12.4. The Labute approximate surface area is 163 Å². The summed E-state index contributed by atoms with van der Waals surface area (Å²) in [5.41, 5.74) is 0. The van der Waals surface area contributed by atoms with Crippen molar-refractivity contribution < 1.29 is 4.21 Å². The van der Waals surface area contributed by atoms with Crippen molar-refractivity contribution >= 4 is 16.8 Å². The molecule has 0 spiro atoms. The second-order valence-corrected chi connectivity index (χ2v) is 9.77. The van der Waals surface area contributed by atoms with E-state index in [0.29, 0.717) is 11.3 Å². The summed E-state index contributed by atoms with van der Waals surface area (Å²) in [5.74, 6) is 1.69. The summed E-state index contributed by atoms with van der Waals surface area (Å²) in [6, 6.07) is 0.412. The van der Waals surface area contributed by atoms with Gasteiger partial charge in [0.25, 0.3) is 0 Å². The monoisotopic (exact) mass is 384 g/mol. The molecule has 6 heteroatoms. The Morgan fingerprint density at radius 1 is 1.12 bits per heavy atom. The van der Waals surface area contributed by atoms with Crippen LogP contribution >= 0.6 is 0 Å². The van der Waals surface area contributed by atoms with E-state index >= 15 is 0 Å². The molecule has 0 bridgehead atoms. The predicted molar refractivity (Wildman–Crippen MR) is 113 cm³/mol. The fraction of sp³-hybridized carbons (Fsp3) is 0.950. The topological polar surface area (TPSA) is 56.7 Å². The van der Waals surface area contributed by atoms with Crippen LogP contribution in [-0.4, -0.2) is 65.3 Å². The number of nitrogens with zero attached hydrogens (tertiary/aromatic N) is 2. The van der Waals surface area contributed by atoms with Crippen molar-refractivity contribution in [2.45, 2.75) is 82.4 Å². The fourth-order valence-corrected chi connectivity index (χ4v) is 5.51. The van der Waals surface area contributed by atoms with Crippen LogP contribution in [0.1, 0.15) is 71.1 Å². The number of likely N-dealkylation sites (tertiary alicyclic amines) is 1. The lowest BCUT2D eigenvalue weighted by Gasteiger charge is -2.30. The van der Waals surface area contributed by atoms with Crippen molar-refractivity contribution in [3.63, 3.8) is 0 Å². The highest BCUT2D eigenvalue weighted by molar-refractivity contribution is 7.85. The highest BCUT2D eigenvalue weighted by Gasteiger charge is 2.25. The lowest BCUT2D eigenvalue weighted by molar-refractivity contribution is 0.224. The number of guanidine groups is 1. The zero-order chi connectivity index (χ0) is 18.6. The minimum atomic E-state index is -0.667. The molecule has 26 heavy (non-hydrogen) atoms. The molecule has 0 aromatic heterocycles. The van der Waals surface area contributed by atoms with Crippen molar-refractivity contribution in [2.24, 2.45) is 4.99 Å². The molecule has 5 nitrogen and oxygen atoms in total. The van der Waals surface area contributed by atoms with Gasteiger partial charge in [-0.15, -0.1) is 0 Å². The van der Waals surface area contributed by atoms with Crippen molar-refractivity contribution in [3.8, 4) is 0 Å². The molecular formula is C20H40N4OS. The summed E-state index contributed by atoms with van der Waals surface area (Å²) >= 11 is 0. The van der Waals surface area contributed by atoms with E-state index in [4.69, 9.17) is 0 Å². The van der Waals surface area contributed by atoms with Crippen LogP contribution in [0.15, 0.2) is 4.99 Å². The van der Waals surface area contributed by atoms with Gasteiger partial charge in [0.2, 0.25) is 0 Å². The lowest BCUT2D eigenvalue weighted by Crippen LogP contribution is -2.46. The molecule has 0 aromatic carbocycles. The highest BCUT2D eigenvalue weighted by atomic mass is 32.2. The molecule has 1 saturated heterocycles. The van der Waals surface area contributed by atoms with Gasteiger partial charge >= 0.3 is 0 Å². The Morgan fingerprint density at radius 2 is 1.92 bits per heavy atom. The lowest BCUT2D eigenvalue weighted by atomic mass is 9.95. The predicted octanol–water partition coefficient (Wildman–Crippen LogP) is 2.89. The first kappa shape index (κ1) is 21.7. The summed E-state index contributed by atoms with van der Waals surface area (Å²) in [7, 11) is 1.18. The number of unbranched alkanes of at least 4 members (excludes halogenated alkanes) is 2. The summed E-state index contributed by atoms with van der Waals surface area (Å²) in [5, 5.41) is 7.38. The normalized spacial score (nSPS) is 26.5. The van der Waals surface area contributed by atoms with Crippen LogP contribution in [0.5, 0.6) is 0 Å². The molecular weight excluding hydrogens is 344 g/mol. The van der Waals surface area contributed by atoms with E-state index in [-0.39, 0.29) is 0 Å². The third-order valence-corrected chi connectivity index (χ3v) is 7.48. The minimum Gasteiger partial charge on any atom is -0.356 e. The summed E-state index contributed by atoms with van der Waals surface area (Å²) < 4.78 is 12.1. The summed E-state index contributed by atoms with van der Waals surface area (Å²) in [6.45, 7) is 6.89. The molecule has 3 atom stereocenters. The van der Waals surface area contributed by atoms with Crippen LogP contribution in [0.2, 0.25) is 0 Å². The van der Waals surface area contributed by atoms with Gasteiger partial charge < -0.3 is 15.5 Å². The molecule has 152 valence electrons. The smallest absolute Gasteiger partial charge is 0.191 e. The Morgan fingerprint density at radius 3 is 2.65 bits per heavy atom. The highest BCUT2D eigenvalue weighted by Crippen LogP contribution is 2.22. The zero-order valence-corrected chi connectivity index (χ0v) is 17.8. The molecule has 2 aliphatic rings. The van der Waals surface area contributed by atoms with Gasteiger partial charge in [-0.1, -0.05) is 26.2 Å². The van der Waals surface area contributed by atoms with E-state index in [1.54, 1.807) is 0 Å². The molecule has 1 saturated carbocycles. The zero-order valence-electron chi connectivity index (χ0n) is 17.0. The third kappa shape index (κ3) is 7.95. The fourth-order valence-electron chi connectivity index (χ4n) is 4.17. The van der Waals surface area contributed by atoms with Crippen LogP contribution in [0.4, 0.5) is 0 Å². The number of piperidine rings is 1. The molecule has 2 N–H and O–H groups in total. The molecule has 0 radical (unpaired) electrons. The Hall–Kier alpha value is -0.620. The van der Waals surface area contributed by atoms with Crippen molar-refractivity contribution in [1.29, 1.82) is 0 Å². The molecule has 3 unspecified atom stereocenters. The van der Waals surface area contributed by atoms with E-state index in [1.165, 1.54) is 64.6 Å². The molecule has 1 heterocycles. The van der Waals surface area contributed by atoms with Gasteiger partial charge in [-0.25, -0.2) is 0 Å². The molecule has 0 amide bonds. The Kier molecular flexibility index (Phi) is 10.6. The molecule has 1 aliphatic carbocycles. The molecule has 1 aliphatic heterocycles. The largest absolute Gasteiger partial charge is 0.356 e. The number of aliphatic imine (C=N–C) groups is 1. The van der Waals surface area contributed by atoms with Gasteiger partial charge in [0.1, 0.15) is 0 Å². The van der Waals surface area contributed by atoms with Crippen molar-refractivity contribution in [1.82, 2.24) is 15.5 Å². The van der Waals surface area contributed by atoms with Crippen LogP contribution in [0.25, 0.3) is 0 Å². The van der Waals surface area contributed by atoms with E-state index in [0.717, 1.165) is 37.5 Å². The quantitative estimate of drug-likeness (QED) is 0.365. The average molecular weight is 385 g/mol. The van der Waals surface area contributed by atoms with Gasteiger partial charge in [0.15, 0.2) is 5.96 Å². The van der Waals surface area contributed by atoms with Gasteiger partial charge in [-0.2, -0.15) is 0 Å². The molecule has 2 rings (SSSR count). The van der Waals surface area contributed by atoms with E-state index in [9.17, 15) is 4.21 Å². The van der Waals surface area contributed by atoms with Crippen LogP contribution < -0.4 is 10.6 Å². The number of rotatable bonds is 9. The molecule has 0 aromatic rings. The molecule has 2 fully saturated rings. The van der Waals surface area contributed by atoms with Crippen LogP contribution in [-0.2, 0) is 10.8 Å². The second-order valence-electron chi connectivity index (χ2n) is 7.76. The average Bonchev–Trinajstić information content (AvgIpc) is 2.70. The van der Waals surface area contributed by atoms with E-state index in [2.05, 4.69) is 20.5 Å². The first-order chi connectivity index (χ1) is 12.7. The minimum absolute atomic E-state index is 0.360. The maximum absolute atomic E-state index is 12.1. The summed E-state index contributed by atoms with van der Waals surface area (Å²) in [4.78, 5) is 7.00. The van der Waals surface area contributed by atoms with Crippen LogP contribution in [0, 0.1) is 0 Å². The SMILES string of the molecule is CCS(=O)C1CCCC(NC(=NC)NCCCCCN2CCCCC2)C1. The van der Waals surface area contributed by atoms with Gasteiger partial charge in [0, 0.05) is 41.4 Å². The van der Waals surface area contributed by atoms with E-state index in [1.807, 2.05) is 14.0 Å².